The lowest BCUT2D eigenvalue weighted by Gasteiger charge is -2.23. The SMILES string of the molecule is COc1c(F)cccc1Nc1c2[nH]c3c1C(=O)NCC3C/C=C(\C)CCOc1cnccc1-2. The molecule has 2 bridgehead atoms. The molecule has 2 aliphatic rings. The van der Waals surface area contributed by atoms with Gasteiger partial charge < -0.3 is 25.1 Å². The van der Waals surface area contributed by atoms with Crippen molar-refractivity contribution >= 4 is 17.3 Å². The van der Waals surface area contributed by atoms with Crippen LogP contribution in [-0.4, -0.2) is 36.1 Å². The largest absolute Gasteiger partial charge is 0.492 e. The van der Waals surface area contributed by atoms with Crippen LogP contribution in [-0.2, 0) is 0 Å². The van der Waals surface area contributed by atoms with Crippen molar-refractivity contribution in [2.45, 2.75) is 25.7 Å². The molecule has 0 saturated carbocycles. The lowest BCUT2D eigenvalue weighted by Crippen LogP contribution is -2.34. The molecule has 3 N–H and O–H groups in total. The van der Waals surface area contributed by atoms with E-state index >= 15 is 0 Å². The molecule has 0 spiro atoms. The van der Waals surface area contributed by atoms with E-state index < -0.39 is 5.82 Å². The minimum Gasteiger partial charge on any atom is -0.492 e. The van der Waals surface area contributed by atoms with E-state index in [9.17, 15) is 9.18 Å². The Balaban J connectivity index is 1.74. The fourth-order valence-corrected chi connectivity index (χ4v) is 4.41. The molecule has 7 nitrogen and oxygen atoms in total. The normalized spacial score (nSPS) is 19.1. The second-order valence-corrected chi connectivity index (χ2v) is 8.27. The summed E-state index contributed by atoms with van der Waals surface area (Å²) in [6.07, 6.45) is 7.14. The van der Waals surface area contributed by atoms with Crippen LogP contribution >= 0.6 is 0 Å². The number of nitrogens with one attached hydrogen (secondary N) is 3. The summed E-state index contributed by atoms with van der Waals surface area (Å²) in [4.78, 5) is 20.8. The zero-order valence-corrected chi connectivity index (χ0v) is 18.5. The minimum atomic E-state index is -0.491. The maximum atomic E-state index is 14.4. The smallest absolute Gasteiger partial charge is 0.255 e. The van der Waals surface area contributed by atoms with E-state index in [0.29, 0.717) is 41.5 Å². The van der Waals surface area contributed by atoms with Crippen LogP contribution in [0.2, 0.25) is 0 Å². The number of hydrogen-bond donors (Lipinski definition) is 3. The van der Waals surface area contributed by atoms with Gasteiger partial charge in [0.05, 0.1) is 42.5 Å². The van der Waals surface area contributed by atoms with Crippen LogP contribution in [0.15, 0.2) is 48.3 Å². The molecule has 0 fully saturated rings. The summed E-state index contributed by atoms with van der Waals surface area (Å²) in [6, 6.07) is 6.49. The molecule has 170 valence electrons. The number of carbonyl (C=O) groups excluding carboxylic acids is 1. The van der Waals surface area contributed by atoms with Gasteiger partial charge in [-0.25, -0.2) is 4.39 Å². The third-order valence-corrected chi connectivity index (χ3v) is 6.16. The predicted molar refractivity (Wildman–Crippen MR) is 124 cm³/mol. The van der Waals surface area contributed by atoms with Gasteiger partial charge >= 0.3 is 0 Å². The monoisotopic (exact) mass is 448 g/mol. The number of benzene rings is 1. The van der Waals surface area contributed by atoms with Gasteiger partial charge in [-0.2, -0.15) is 0 Å². The van der Waals surface area contributed by atoms with Crippen LogP contribution in [0, 0.1) is 5.82 Å². The molecule has 3 aromatic rings. The second-order valence-electron chi connectivity index (χ2n) is 8.27. The lowest BCUT2D eigenvalue weighted by atomic mass is 9.92. The van der Waals surface area contributed by atoms with Crippen molar-refractivity contribution in [3.8, 4) is 22.8 Å². The van der Waals surface area contributed by atoms with Crippen LogP contribution < -0.4 is 20.1 Å². The summed E-state index contributed by atoms with van der Waals surface area (Å²) in [5.41, 5.74) is 5.02. The zero-order valence-electron chi connectivity index (χ0n) is 18.5. The average Bonchev–Trinajstić information content (AvgIpc) is 3.18. The van der Waals surface area contributed by atoms with Crippen LogP contribution in [0.4, 0.5) is 15.8 Å². The third-order valence-electron chi connectivity index (χ3n) is 6.16. The highest BCUT2D eigenvalue weighted by Gasteiger charge is 2.33. The number of fused-ring (bicyclic) bond motifs is 3. The molecule has 1 atom stereocenters. The molecule has 5 rings (SSSR count). The molecule has 1 aromatic carbocycles. The Morgan fingerprint density at radius 1 is 1.30 bits per heavy atom. The number of carbonyl (C=O) groups is 1. The number of methoxy groups -OCH3 is 1. The molecular formula is C25H25FN4O3. The van der Waals surface area contributed by atoms with E-state index in [1.54, 1.807) is 24.5 Å². The van der Waals surface area contributed by atoms with Gasteiger partial charge in [-0.15, -0.1) is 0 Å². The lowest BCUT2D eigenvalue weighted by molar-refractivity contribution is 0.0941. The molecule has 1 unspecified atom stereocenters. The average molecular weight is 448 g/mol. The third kappa shape index (κ3) is 3.82. The first kappa shape index (κ1) is 21.1. The number of anilines is 2. The number of allylic oxidation sites excluding steroid dienone is 1. The molecule has 4 heterocycles. The van der Waals surface area contributed by atoms with Crippen molar-refractivity contribution in [3.05, 3.63) is 65.4 Å². The predicted octanol–water partition coefficient (Wildman–Crippen LogP) is 4.91. The summed E-state index contributed by atoms with van der Waals surface area (Å²) < 4.78 is 25.8. The molecule has 1 amide bonds. The minimum absolute atomic E-state index is 0.0776. The first-order chi connectivity index (χ1) is 16.1. The van der Waals surface area contributed by atoms with E-state index in [4.69, 9.17) is 9.47 Å². The number of amides is 1. The summed E-state index contributed by atoms with van der Waals surface area (Å²) in [5, 5.41) is 6.29. The maximum absolute atomic E-state index is 14.4. The van der Waals surface area contributed by atoms with Crippen molar-refractivity contribution in [3.63, 3.8) is 0 Å². The van der Waals surface area contributed by atoms with Crippen LogP contribution in [0.1, 0.15) is 41.7 Å². The summed E-state index contributed by atoms with van der Waals surface area (Å²) >= 11 is 0. The van der Waals surface area contributed by atoms with Crippen molar-refractivity contribution in [1.29, 1.82) is 0 Å². The summed E-state index contributed by atoms with van der Waals surface area (Å²) in [7, 11) is 1.42. The molecule has 8 heteroatoms. The number of rotatable bonds is 3. The van der Waals surface area contributed by atoms with E-state index in [-0.39, 0.29) is 17.6 Å². The Bertz CT molecular complexity index is 1250. The number of halogens is 1. The molecule has 0 aliphatic carbocycles. The Morgan fingerprint density at radius 3 is 3.03 bits per heavy atom. The highest BCUT2D eigenvalue weighted by molar-refractivity contribution is 6.07. The summed E-state index contributed by atoms with van der Waals surface area (Å²) in [5.74, 6) is 0.0930. The number of aromatic amines is 1. The molecular weight excluding hydrogens is 423 g/mol. The van der Waals surface area contributed by atoms with Gasteiger partial charge in [0.1, 0.15) is 5.75 Å². The Kier molecular flexibility index (Phi) is 5.50. The van der Waals surface area contributed by atoms with Gasteiger partial charge in [0, 0.05) is 36.3 Å². The van der Waals surface area contributed by atoms with E-state index in [2.05, 4.69) is 33.6 Å². The Morgan fingerprint density at radius 2 is 2.18 bits per heavy atom. The number of H-pyrrole nitrogens is 1. The standard InChI is InChI=1S/C25H25FN4O3/c1-14-6-7-15-12-28-25(31)20-21(15)30-22(16-8-10-27-13-19(16)33-11-9-14)23(20)29-18-5-3-4-17(26)24(18)32-2/h3-6,8,10,13,15,29-30H,7,9,11-12H2,1-2H3,(H,28,31)/b14-6+. The van der Waals surface area contributed by atoms with E-state index in [0.717, 1.165) is 24.1 Å². The molecule has 33 heavy (non-hydrogen) atoms. The fourth-order valence-electron chi connectivity index (χ4n) is 4.41. The van der Waals surface area contributed by atoms with Crippen molar-refractivity contribution < 1.29 is 18.7 Å². The van der Waals surface area contributed by atoms with Crippen LogP contribution in [0.25, 0.3) is 11.3 Å². The first-order valence-electron chi connectivity index (χ1n) is 10.9. The van der Waals surface area contributed by atoms with E-state index in [1.165, 1.54) is 18.7 Å². The number of ether oxygens (including phenoxy) is 2. The van der Waals surface area contributed by atoms with Crippen LogP contribution in [0.3, 0.4) is 0 Å². The van der Waals surface area contributed by atoms with E-state index in [1.807, 2.05) is 6.07 Å². The number of para-hydroxylation sites is 1. The van der Waals surface area contributed by atoms with Crippen molar-refractivity contribution in [1.82, 2.24) is 15.3 Å². The highest BCUT2D eigenvalue weighted by Crippen LogP contribution is 2.44. The van der Waals surface area contributed by atoms with Gasteiger partial charge in [0.15, 0.2) is 11.6 Å². The molecule has 0 saturated heterocycles. The van der Waals surface area contributed by atoms with Gasteiger partial charge in [-0.1, -0.05) is 17.7 Å². The van der Waals surface area contributed by atoms with Crippen molar-refractivity contribution in [2.75, 3.05) is 25.6 Å². The number of hydrogen-bond acceptors (Lipinski definition) is 5. The number of nitrogens with zero attached hydrogens (tertiary/aromatic N) is 1. The highest BCUT2D eigenvalue weighted by atomic mass is 19.1. The molecule has 2 aliphatic heterocycles. The molecule has 0 radical (unpaired) electrons. The van der Waals surface area contributed by atoms with Crippen molar-refractivity contribution in [2.24, 2.45) is 0 Å². The summed E-state index contributed by atoms with van der Waals surface area (Å²) in [6.45, 7) is 3.15. The second kappa shape index (κ2) is 8.61. The van der Waals surface area contributed by atoms with Gasteiger partial charge in [-0.05, 0) is 31.5 Å². The quantitative estimate of drug-likeness (QED) is 0.496. The zero-order chi connectivity index (χ0) is 22.9. The number of pyridine rings is 1. The van der Waals surface area contributed by atoms with Gasteiger partial charge in [0.25, 0.3) is 5.91 Å². The first-order valence-corrected chi connectivity index (χ1v) is 10.9. The fraction of sp³-hybridized carbons (Fsp3) is 0.280. The van der Waals surface area contributed by atoms with Crippen LogP contribution in [0.5, 0.6) is 11.5 Å². The Labute approximate surface area is 191 Å². The molecule has 2 aromatic heterocycles. The topological polar surface area (TPSA) is 88.3 Å². The van der Waals surface area contributed by atoms with Gasteiger partial charge in [-0.3, -0.25) is 9.78 Å². The maximum Gasteiger partial charge on any atom is 0.255 e. The van der Waals surface area contributed by atoms with Gasteiger partial charge in [0.2, 0.25) is 0 Å². The number of aromatic nitrogens is 2. The Hall–Kier alpha value is -3.81.